The van der Waals surface area contributed by atoms with Gasteiger partial charge in [0.1, 0.15) is 6.54 Å². The number of fused-ring (bicyclic) bond motifs is 2. The van der Waals surface area contributed by atoms with Crippen molar-refractivity contribution in [2.45, 2.75) is 5.79 Å². The lowest BCUT2D eigenvalue weighted by Crippen LogP contribution is -2.41. The highest BCUT2D eigenvalue weighted by atomic mass is 35.5. The second-order valence-corrected chi connectivity index (χ2v) is 4.93. The van der Waals surface area contributed by atoms with Crippen LogP contribution in [0.2, 0.25) is 10.0 Å². The molecule has 0 unspecified atom stereocenters. The molecule has 2 heterocycles. The van der Waals surface area contributed by atoms with Gasteiger partial charge in [0.25, 0.3) is 11.7 Å². The zero-order valence-corrected chi connectivity index (χ0v) is 11.2. The molecule has 1 spiro atoms. The Kier molecular flexibility index (Phi) is 2.91. The van der Waals surface area contributed by atoms with Crippen molar-refractivity contribution < 1.29 is 14.3 Å². The summed E-state index contributed by atoms with van der Waals surface area (Å²) >= 11 is 12.3. The Labute approximate surface area is 119 Å². The standard InChI is InChI=1S/C12H8Cl2N2O3/c13-7-1-2-8(14)10-9(7)12(18-5-6-19-12)11(17)16(10)4-3-15/h1-2H,4-6H2. The number of nitriles is 1. The van der Waals surface area contributed by atoms with Crippen LogP contribution in [0.25, 0.3) is 0 Å². The number of carbonyl (C=O) groups excluding carboxylic acids is 1. The van der Waals surface area contributed by atoms with Crippen molar-refractivity contribution >= 4 is 34.8 Å². The van der Waals surface area contributed by atoms with Crippen LogP contribution in [0.5, 0.6) is 0 Å². The third kappa shape index (κ3) is 1.58. The number of amides is 1. The third-order valence-corrected chi connectivity index (χ3v) is 3.75. The molecule has 1 aromatic rings. The summed E-state index contributed by atoms with van der Waals surface area (Å²) in [4.78, 5) is 13.7. The number of hydrogen-bond acceptors (Lipinski definition) is 4. The minimum atomic E-state index is -1.55. The fourth-order valence-electron chi connectivity index (χ4n) is 2.41. The molecule has 0 aromatic heterocycles. The molecular formula is C12H8Cl2N2O3. The second kappa shape index (κ2) is 4.36. The maximum atomic E-state index is 12.5. The molecule has 0 N–H and O–H groups in total. The van der Waals surface area contributed by atoms with Crippen LogP contribution in [0.1, 0.15) is 5.56 Å². The molecular weight excluding hydrogens is 291 g/mol. The predicted molar refractivity (Wildman–Crippen MR) is 68.0 cm³/mol. The summed E-state index contributed by atoms with van der Waals surface area (Å²) in [5.74, 6) is -2.01. The van der Waals surface area contributed by atoms with E-state index in [0.29, 0.717) is 21.3 Å². The first-order valence-electron chi connectivity index (χ1n) is 5.57. The summed E-state index contributed by atoms with van der Waals surface area (Å²) in [6, 6.07) is 5.09. The van der Waals surface area contributed by atoms with E-state index in [1.165, 1.54) is 4.90 Å². The molecule has 2 aliphatic heterocycles. The van der Waals surface area contributed by atoms with E-state index in [0.717, 1.165) is 0 Å². The Morgan fingerprint density at radius 2 is 1.95 bits per heavy atom. The van der Waals surface area contributed by atoms with Crippen LogP contribution < -0.4 is 4.90 Å². The SMILES string of the molecule is N#CCN1C(=O)C2(OCCO2)c2c(Cl)ccc(Cl)c21. The van der Waals surface area contributed by atoms with Crippen molar-refractivity contribution in [1.29, 1.82) is 5.26 Å². The van der Waals surface area contributed by atoms with Gasteiger partial charge in [-0.15, -0.1) is 0 Å². The lowest BCUT2D eigenvalue weighted by atomic mass is 10.1. The Morgan fingerprint density at radius 1 is 1.32 bits per heavy atom. The van der Waals surface area contributed by atoms with E-state index in [1.807, 2.05) is 6.07 Å². The van der Waals surface area contributed by atoms with Gasteiger partial charge in [0.05, 0.1) is 40.6 Å². The molecule has 3 rings (SSSR count). The van der Waals surface area contributed by atoms with Gasteiger partial charge in [0.2, 0.25) is 0 Å². The van der Waals surface area contributed by atoms with Crippen molar-refractivity contribution in [3.63, 3.8) is 0 Å². The minimum absolute atomic E-state index is 0.139. The van der Waals surface area contributed by atoms with Crippen molar-refractivity contribution in [3.05, 3.63) is 27.7 Å². The van der Waals surface area contributed by atoms with Crippen molar-refractivity contribution in [2.24, 2.45) is 0 Å². The highest BCUT2D eigenvalue weighted by Gasteiger charge is 2.57. The summed E-state index contributed by atoms with van der Waals surface area (Å²) in [6.07, 6.45) is 0. The molecule has 1 aromatic carbocycles. The van der Waals surface area contributed by atoms with E-state index in [-0.39, 0.29) is 19.8 Å². The van der Waals surface area contributed by atoms with Crippen molar-refractivity contribution in [1.82, 2.24) is 0 Å². The van der Waals surface area contributed by atoms with Gasteiger partial charge in [-0.2, -0.15) is 5.26 Å². The maximum Gasteiger partial charge on any atom is 0.293 e. The number of nitrogens with zero attached hydrogens (tertiary/aromatic N) is 2. The molecule has 19 heavy (non-hydrogen) atoms. The highest BCUT2D eigenvalue weighted by molar-refractivity contribution is 6.38. The third-order valence-electron chi connectivity index (χ3n) is 3.13. The monoisotopic (exact) mass is 298 g/mol. The number of carbonyl (C=O) groups is 1. The van der Waals surface area contributed by atoms with E-state index < -0.39 is 11.7 Å². The van der Waals surface area contributed by atoms with Crippen LogP contribution in [0, 0.1) is 11.3 Å². The van der Waals surface area contributed by atoms with Gasteiger partial charge in [0.15, 0.2) is 0 Å². The Morgan fingerprint density at radius 3 is 2.58 bits per heavy atom. The van der Waals surface area contributed by atoms with Crippen LogP contribution in [-0.4, -0.2) is 25.7 Å². The fourth-order valence-corrected chi connectivity index (χ4v) is 2.94. The van der Waals surface area contributed by atoms with Crippen LogP contribution in [0.15, 0.2) is 12.1 Å². The smallest absolute Gasteiger partial charge is 0.293 e. The van der Waals surface area contributed by atoms with Gasteiger partial charge in [0, 0.05) is 0 Å². The summed E-state index contributed by atoms with van der Waals surface area (Å²) in [7, 11) is 0. The molecule has 5 nitrogen and oxygen atoms in total. The maximum absolute atomic E-state index is 12.5. The quantitative estimate of drug-likeness (QED) is 0.745. The number of ether oxygens (including phenoxy) is 2. The van der Waals surface area contributed by atoms with E-state index in [9.17, 15) is 4.79 Å². The van der Waals surface area contributed by atoms with Gasteiger partial charge >= 0.3 is 0 Å². The molecule has 0 atom stereocenters. The molecule has 2 aliphatic rings. The normalized spacial score (nSPS) is 19.8. The van der Waals surface area contributed by atoms with Crippen LogP contribution >= 0.6 is 23.2 Å². The van der Waals surface area contributed by atoms with E-state index in [2.05, 4.69) is 0 Å². The van der Waals surface area contributed by atoms with E-state index in [4.69, 9.17) is 37.9 Å². The Balaban J connectivity index is 2.27. The van der Waals surface area contributed by atoms with Gasteiger partial charge in [-0.05, 0) is 12.1 Å². The lowest BCUT2D eigenvalue weighted by molar-refractivity contribution is -0.180. The van der Waals surface area contributed by atoms with Gasteiger partial charge in [-0.25, -0.2) is 0 Å². The average molecular weight is 299 g/mol. The Hall–Kier alpha value is -1.32. The number of benzene rings is 1. The Bertz CT molecular complexity index is 606. The highest BCUT2D eigenvalue weighted by Crippen LogP contribution is 2.51. The van der Waals surface area contributed by atoms with Crippen molar-refractivity contribution in [3.8, 4) is 6.07 Å². The zero-order valence-electron chi connectivity index (χ0n) is 9.65. The molecule has 1 fully saturated rings. The molecule has 0 radical (unpaired) electrons. The van der Waals surface area contributed by atoms with Crippen LogP contribution in [0.4, 0.5) is 5.69 Å². The zero-order chi connectivity index (χ0) is 13.6. The first kappa shape index (κ1) is 12.7. The average Bonchev–Trinajstić information content (AvgIpc) is 2.96. The molecule has 1 amide bonds. The largest absolute Gasteiger partial charge is 0.336 e. The first-order valence-corrected chi connectivity index (χ1v) is 6.32. The topological polar surface area (TPSA) is 62.6 Å². The minimum Gasteiger partial charge on any atom is -0.336 e. The first-order chi connectivity index (χ1) is 9.12. The van der Waals surface area contributed by atoms with E-state index in [1.54, 1.807) is 12.1 Å². The fraction of sp³-hybridized carbons (Fsp3) is 0.333. The number of rotatable bonds is 1. The molecule has 0 aliphatic carbocycles. The number of anilines is 1. The second-order valence-electron chi connectivity index (χ2n) is 4.12. The molecule has 98 valence electrons. The predicted octanol–water partition coefficient (Wildman–Crippen LogP) is 2.06. The van der Waals surface area contributed by atoms with Gasteiger partial charge < -0.3 is 9.47 Å². The summed E-state index contributed by atoms with van der Waals surface area (Å²) < 4.78 is 11.0. The van der Waals surface area contributed by atoms with E-state index >= 15 is 0 Å². The van der Waals surface area contributed by atoms with Gasteiger partial charge in [-0.3, -0.25) is 9.69 Å². The van der Waals surface area contributed by atoms with Gasteiger partial charge in [-0.1, -0.05) is 23.2 Å². The summed E-state index contributed by atoms with van der Waals surface area (Å²) in [6.45, 7) is 0.434. The number of hydrogen-bond donors (Lipinski definition) is 0. The molecule has 7 heteroatoms. The molecule has 0 saturated carbocycles. The summed E-state index contributed by atoms with van der Waals surface area (Å²) in [5.41, 5.74) is 0.780. The molecule has 0 bridgehead atoms. The molecule has 1 saturated heterocycles. The summed E-state index contributed by atoms with van der Waals surface area (Å²) in [5, 5.41) is 9.52. The lowest BCUT2D eigenvalue weighted by Gasteiger charge is -2.21. The number of halogens is 2. The van der Waals surface area contributed by atoms with Crippen molar-refractivity contribution in [2.75, 3.05) is 24.7 Å². The van der Waals surface area contributed by atoms with Crippen LogP contribution in [0.3, 0.4) is 0 Å². The van der Waals surface area contributed by atoms with Crippen LogP contribution in [-0.2, 0) is 20.1 Å².